The third kappa shape index (κ3) is 4.14. The van der Waals surface area contributed by atoms with E-state index in [0.29, 0.717) is 6.54 Å². The van der Waals surface area contributed by atoms with Crippen molar-refractivity contribution in [3.63, 3.8) is 0 Å². The zero-order valence-electron chi connectivity index (χ0n) is 15.6. The molecule has 0 spiro atoms. The smallest absolute Gasteiger partial charge is 0.244 e. The Morgan fingerprint density at radius 3 is 2.58 bits per heavy atom. The van der Waals surface area contributed by atoms with Crippen molar-refractivity contribution in [3.05, 3.63) is 71.3 Å². The molecule has 1 aliphatic heterocycles. The van der Waals surface area contributed by atoms with Gasteiger partial charge in [-0.2, -0.15) is 0 Å². The predicted octanol–water partition coefficient (Wildman–Crippen LogP) is 3.45. The van der Waals surface area contributed by atoms with Crippen molar-refractivity contribution >= 4 is 5.91 Å². The molecule has 26 heavy (non-hydrogen) atoms. The number of nitrogens with one attached hydrogen (secondary N) is 1. The highest BCUT2D eigenvalue weighted by Crippen LogP contribution is 2.33. The molecule has 3 unspecified atom stereocenters. The second-order valence-electron chi connectivity index (χ2n) is 7.38. The summed E-state index contributed by atoms with van der Waals surface area (Å²) in [6.07, 6.45) is 2.07. The van der Waals surface area contributed by atoms with Gasteiger partial charge < -0.3 is 15.8 Å². The summed E-state index contributed by atoms with van der Waals surface area (Å²) in [4.78, 5) is 12.7. The molecule has 3 atom stereocenters. The van der Waals surface area contributed by atoms with Gasteiger partial charge in [0.2, 0.25) is 5.91 Å². The fourth-order valence-electron chi connectivity index (χ4n) is 3.50. The number of carbonyl (C=O) groups excluding carboxylic acids is 1. The molecule has 0 aliphatic carbocycles. The molecule has 1 saturated heterocycles. The first kappa shape index (κ1) is 18.6. The molecule has 0 aromatic heterocycles. The fourth-order valence-corrected chi connectivity index (χ4v) is 3.50. The summed E-state index contributed by atoms with van der Waals surface area (Å²) in [5.74, 6) is 0.0962. The lowest BCUT2D eigenvalue weighted by Crippen LogP contribution is -2.50. The SMILES string of the molecule is Cc1ccc(C2OCCCC2CNC(=O)C(C)(N)c2ccccc2)cc1. The van der Waals surface area contributed by atoms with Crippen LogP contribution in [-0.2, 0) is 15.1 Å². The zero-order valence-corrected chi connectivity index (χ0v) is 15.6. The maximum absolute atomic E-state index is 12.7. The van der Waals surface area contributed by atoms with E-state index in [1.165, 1.54) is 11.1 Å². The highest BCUT2D eigenvalue weighted by molar-refractivity contribution is 5.86. The van der Waals surface area contributed by atoms with Crippen LogP contribution in [0, 0.1) is 12.8 Å². The van der Waals surface area contributed by atoms with E-state index in [1.807, 2.05) is 30.3 Å². The molecule has 1 heterocycles. The molecule has 0 bridgehead atoms. The minimum Gasteiger partial charge on any atom is -0.373 e. The molecule has 3 N–H and O–H groups in total. The van der Waals surface area contributed by atoms with Crippen LogP contribution in [0.3, 0.4) is 0 Å². The largest absolute Gasteiger partial charge is 0.373 e. The van der Waals surface area contributed by atoms with Crippen LogP contribution < -0.4 is 11.1 Å². The summed E-state index contributed by atoms with van der Waals surface area (Å²) < 4.78 is 6.04. The summed E-state index contributed by atoms with van der Waals surface area (Å²) >= 11 is 0. The monoisotopic (exact) mass is 352 g/mol. The van der Waals surface area contributed by atoms with Crippen LogP contribution in [0.1, 0.15) is 42.6 Å². The molecular weight excluding hydrogens is 324 g/mol. The number of hydrogen-bond donors (Lipinski definition) is 2. The molecular formula is C22H28N2O2. The van der Waals surface area contributed by atoms with Gasteiger partial charge in [0.25, 0.3) is 0 Å². The van der Waals surface area contributed by atoms with Gasteiger partial charge >= 0.3 is 0 Å². The lowest BCUT2D eigenvalue weighted by molar-refractivity contribution is -0.126. The van der Waals surface area contributed by atoms with Crippen LogP contribution in [0.15, 0.2) is 54.6 Å². The van der Waals surface area contributed by atoms with Crippen molar-refractivity contribution in [2.75, 3.05) is 13.2 Å². The van der Waals surface area contributed by atoms with Gasteiger partial charge in [0, 0.05) is 19.1 Å². The highest BCUT2D eigenvalue weighted by Gasteiger charge is 2.33. The average molecular weight is 352 g/mol. The van der Waals surface area contributed by atoms with Gasteiger partial charge in [-0.25, -0.2) is 0 Å². The van der Waals surface area contributed by atoms with Gasteiger partial charge in [-0.05, 0) is 37.8 Å². The number of nitrogens with two attached hydrogens (primary N) is 1. The first-order valence-electron chi connectivity index (χ1n) is 9.29. The number of aryl methyl sites for hydroxylation is 1. The van der Waals surface area contributed by atoms with Gasteiger partial charge in [-0.15, -0.1) is 0 Å². The summed E-state index contributed by atoms with van der Waals surface area (Å²) in [6, 6.07) is 17.9. The Labute approximate surface area is 155 Å². The van der Waals surface area contributed by atoms with E-state index in [0.717, 1.165) is 25.0 Å². The quantitative estimate of drug-likeness (QED) is 0.866. The van der Waals surface area contributed by atoms with Crippen LogP contribution in [0.25, 0.3) is 0 Å². The number of rotatable bonds is 5. The Kier molecular flexibility index (Phi) is 5.74. The van der Waals surface area contributed by atoms with Gasteiger partial charge in [0.1, 0.15) is 5.54 Å². The molecule has 138 valence electrons. The molecule has 0 radical (unpaired) electrons. The molecule has 0 saturated carbocycles. The van der Waals surface area contributed by atoms with Crippen LogP contribution in [0.5, 0.6) is 0 Å². The fraction of sp³-hybridized carbons (Fsp3) is 0.409. The third-order valence-corrected chi connectivity index (χ3v) is 5.22. The standard InChI is InChI=1S/C22H28N2O2/c1-16-10-12-17(13-11-16)20-18(7-6-14-26-20)15-24-21(25)22(2,23)19-8-4-3-5-9-19/h3-5,8-13,18,20H,6-7,14-15,23H2,1-2H3,(H,24,25). The van der Waals surface area contributed by atoms with Crippen molar-refractivity contribution in [2.24, 2.45) is 11.7 Å². The van der Waals surface area contributed by atoms with Crippen molar-refractivity contribution in [3.8, 4) is 0 Å². The Morgan fingerprint density at radius 1 is 1.19 bits per heavy atom. The molecule has 1 aliphatic rings. The molecule has 4 nitrogen and oxygen atoms in total. The molecule has 1 amide bonds. The van der Waals surface area contributed by atoms with Crippen LogP contribution in [-0.4, -0.2) is 19.1 Å². The first-order valence-corrected chi connectivity index (χ1v) is 9.29. The molecule has 2 aromatic carbocycles. The van der Waals surface area contributed by atoms with E-state index in [1.54, 1.807) is 6.92 Å². The van der Waals surface area contributed by atoms with Gasteiger partial charge in [0.05, 0.1) is 6.10 Å². The lowest BCUT2D eigenvalue weighted by atomic mass is 9.88. The van der Waals surface area contributed by atoms with E-state index < -0.39 is 5.54 Å². The van der Waals surface area contributed by atoms with Gasteiger partial charge in [-0.1, -0.05) is 60.2 Å². The average Bonchev–Trinajstić information content (AvgIpc) is 2.67. The second kappa shape index (κ2) is 8.02. The number of carbonyl (C=O) groups is 1. The number of hydrogen-bond acceptors (Lipinski definition) is 3. The lowest BCUT2D eigenvalue weighted by Gasteiger charge is -2.33. The summed E-state index contributed by atoms with van der Waals surface area (Å²) in [5.41, 5.74) is 8.49. The van der Waals surface area contributed by atoms with Gasteiger partial charge in [-0.3, -0.25) is 4.79 Å². The topological polar surface area (TPSA) is 64.3 Å². The minimum atomic E-state index is -1.05. The number of amides is 1. The molecule has 4 heteroatoms. The maximum atomic E-state index is 12.7. The summed E-state index contributed by atoms with van der Waals surface area (Å²) in [7, 11) is 0. The van der Waals surface area contributed by atoms with Crippen molar-refractivity contribution in [2.45, 2.75) is 38.3 Å². The Hall–Kier alpha value is -2.17. The Balaban J connectivity index is 1.67. The van der Waals surface area contributed by atoms with E-state index in [4.69, 9.17) is 10.5 Å². The predicted molar refractivity (Wildman–Crippen MR) is 104 cm³/mol. The zero-order chi connectivity index (χ0) is 18.6. The summed E-state index contributed by atoms with van der Waals surface area (Å²) in [6.45, 7) is 5.17. The van der Waals surface area contributed by atoms with Gasteiger partial charge in [0.15, 0.2) is 0 Å². The first-order chi connectivity index (χ1) is 12.5. The maximum Gasteiger partial charge on any atom is 0.244 e. The molecule has 2 aromatic rings. The normalized spacial score (nSPS) is 22.4. The Morgan fingerprint density at radius 2 is 1.88 bits per heavy atom. The highest BCUT2D eigenvalue weighted by atomic mass is 16.5. The van der Waals surface area contributed by atoms with Crippen LogP contribution in [0.2, 0.25) is 0 Å². The molecule has 1 fully saturated rings. The van der Waals surface area contributed by atoms with Crippen molar-refractivity contribution in [1.82, 2.24) is 5.32 Å². The van der Waals surface area contributed by atoms with E-state index in [-0.39, 0.29) is 17.9 Å². The Bertz CT molecular complexity index is 726. The number of benzene rings is 2. The molecule has 3 rings (SSSR count). The van der Waals surface area contributed by atoms with Crippen molar-refractivity contribution in [1.29, 1.82) is 0 Å². The number of ether oxygens (including phenoxy) is 1. The minimum absolute atomic E-state index is 0.0189. The van der Waals surface area contributed by atoms with Crippen molar-refractivity contribution < 1.29 is 9.53 Å². The van der Waals surface area contributed by atoms with Crippen LogP contribution in [0.4, 0.5) is 0 Å². The van der Waals surface area contributed by atoms with E-state index >= 15 is 0 Å². The summed E-state index contributed by atoms with van der Waals surface area (Å²) in [5, 5.41) is 3.06. The third-order valence-electron chi connectivity index (χ3n) is 5.22. The second-order valence-corrected chi connectivity index (χ2v) is 7.38. The van der Waals surface area contributed by atoms with E-state index in [2.05, 4.69) is 36.5 Å². The van der Waals surface area contributed by atoms with Crippen LogP contribution >= 0.6 is 0 Å². The van der Waals surface area contributed by atoms with E-state index in [9.17, 15) is 4.79 Å².